The van der Waals surface area contributed by atoms with Gasteiger partial charge in [-0.2, -0.15) is 9.36 Å². The van der Waals surface area contributed by atoms with E-state index in [2.05, 4.69) is 15.5 Å². The van der Waals surface area contributed by atoms with Crippen LogP contribution in [0.3, 0.4) is 0 Å². The number of carbonyl (C=O) groups excluding carboxylic acids is 1. The maximum Gasteiger partial charge on any atom is 0.368 e. The van der Waals surface area contributed by atoms with Crippen molar-refractivity contribution in [2.75, 3.05) is 0 Å². The molecule has 2 aromatic carbocycles. The fourth-order valence-electron chi connectivity index (χ4n) is 3.06. The third-order valence-electron chi connectivity index (χ3n) is 4.80. The standard InChI is InChI=1S/C21H20N6O3/c1-14-5-4-6-19(27-21(29)25(3)23-24-27)18(14)13-30-20-11-12-26(22-20)17-9-7-16(8-10-17)15(2)28/h4-12H,13H2,1-3H3. The van der Waals surface area contributed by atoms with Gasteiger partial charge < -0.3 is 4.74 Å². The quantitative estimate of drug-likeness (QED) is 0.457. The second kappa shape index (κ2) is 7.78. The smallest absolute Gasteiger partial charge is 0.368 e. The van der Waals surface area contributed by atoms with Crippen LogP contribution in [-0.2, 0) is 13.7 Å². The van der Waals surface area contributed by atoms with Crippen LogP contribution in [0.1, 0.15) is 28.4 Å². The highest BCUT2D eigenvalue weighted by Gasteiger charge is 2.14. The highest BCUT2D eigenvalue weighted by atomic mass is 16.5. The van der Waals surface area contributed by atoms with Crippen molar-refractivity contribution in [2.45, 2.75) is 20.5 Å². The predicted molar refractivity (Wildman–Crippen MR) is 109 cm³/mol. The molecule has 0 fully saturated rings. The van der Waals surface area contributed by atoms with Gasteiger partial charge in [-0.25, -0.2) is 9.48 Å². The number of benzene rings is 2. The van der Waals surface area contributed by atoms with Crippen LogP contribution in [0.25, 0.3) is 11.4 Å². The van der Waals surface area contributed by atoms with Gasteiger partial charge in [0.15, 0.2) is 5.78 Å². The lowest BCUT2D eigenvalue weighted by Crippen LogP contribution is -2.23. The molecule has 0 saturated heterocycles. The summed E-state index contributed by atoms with van der Waals surface area (Å²) in [5.41, 5.74) is 3.53. The minimum atomic E-state index is -0.333. The zero-order valence-electron chi connectivity index (χ0n) is 16.8. The Morgan fingerprint density at radius 3 is 2.50 bits per heavy atom. The van der Waals surface area contributed by atoms with E-state index in [1.54, 1.807) is 42.2 Å². The second-order valence-corrected chi connectivity index (χ2v) is 6.86. The van der Waals surface area contributed by atoms with Gasteiger partial charge in [0.05, 0.1) is 11.4 Å². The van der Waals surface area contributed by atoms with Gasteiger partial charge in [-0.3, -0.25) is 4.79 Å². The highest BCUT2D eigenvalue weighted by molar-refractivity contribution is 5.94. The molecule has 0 aliphatic carbocycles. The molecule has 2 heterocycles. The maximum absolute atomic E-state index is 12.3. The minimum absolute atomic E-state index is 0.0160. The van der Waals surface area contributed by atoms with E-state index < -0.39 is 0 Å². The summed E-state index contributed by atoms with van der Waals surface area (Å²) >= 11 is 0. The number of ketones is 1. The molecule has 0 saturated carbocycles. The summed E-state index contributed by atoms with van der Waals surface area (Å²) in [6.07, 6.45) is 1.78. The lowest BCUT2D eigenvalue weighted by Gasteiger charge is -2.11. The van der Waals surface area contributed by atoms with Gasteiger partial charge in [-0.05, 0) is 60.2 Å². The molecular weight excluding hydrogens is 384 g/mol. The van der Waals surface area contributed by atoms with E-state index in [-0.39, 0.29) is 18.1 Å². The molecule has 152 valence electrons. The van der Waals surface area contributed by atoms with Crippen LogP contribution in [0, 0.1) is 6.92 Å². The first-order chi connectivity index (χ1) is 14.4. The van der Waals surface area contributed by atoms with Crippen LogP contribution < -0.4 is 10.4 Å². The number of hydrogen-bond donors (Lipinski definition) is 0. The number of nitrogens with zero attached hydrogens (tertiary/aromatic N) is 6. The van der Waals surface area contributed by atoms with E-state index in [4.69, 9.17) is 4.74 Å². The average Bonchev–Trinajstić information content (AvgIpc) is 3.34. The third kappa shape index (κ3) is 3.64. The van der Waals surface area contributed by atoms with Gasteiger partial charge in [0.25, 0.3) is 0 Å². The number of hydrogen-bond acceptors (Lipinski definition) is 6. The number of aryl methyl sites for hydroxylation is 2. The average molecular weight is 404 g/mol. The zero-order valence-corrected chi connectivity index (χ0v) is 16.8. The molecule has 0 bridgehead atoms. The number of rotatable bonds is 6. The molecule has 0 amide bonds. The second-order valence-electron chi connectivity index (χ2n) is 6.86. The molecule has 0 aliphatic rings. The first-order valence-electron chi connectivity index (χ1n) is 9.32. The molecule has 30 heavy (non-hydrogen) atoms. The Hall–Kier alpha value is -4.01. The molecule has 9 nitrogen and oxygen atoms in total. The van der Waals surface area contributed by atoms with E-state index in [9.17, 15) is 9.59 Å². The number of aromatic nitrogens is 6. The zero-order chi connectivity index (χ0) is 21.3. The van der Waals surface area contributed by atoms with E-state index in [1.807, 2.05) is 31.2 Å². The molecule has 0 N–H and O–H groups in total. The first-order valence-corrected chi connectivity index (χ1v) is 9.32. The van der Waals surface area contributed by atoms with Crippen LogP contribution in [0.5, 0.6) is 5.88 Å². The van der Waals surface area contributed by atoms with Gasteiger partial charge in [0, 0.05) is 30.4 Å². The molecule has 0 atom stereocenters. The fourth-order valence-corrected chi connectivity index (χ4v) is 3.06. The molecular formula is C21H20N6O3. The van der Waals surface area contributed by atoms with Gasteiger partial charge >= 0.3 is 5.69 Å². The lowest BCUT2D eigenvalue weighted by molar-refractivity contribution is 0.101. The molecule has 0 radical (unpaired) electrons. The number of Topliss-reactive ketones (excluding diaryl/α,β-unsaturated/α-hetero) is 1. The van der Waals surface area contributed by atoms with Crippen molar-refractivity contribution in [3.8, 4) is 17.3 Å². The van der Waals surface area contributed by atoms with Crippen molar-refractivity contribution >= 4 is 5.78 Å². The van der Waals surface area contributed by atoms with E-state index in [0.29, 0.717) is 17.1 Å². The highest BCUT2D eigenvalue weighted by Crippen LogP contribution is 2.20. The normalized spacial score (nSPS) is 10.9. The maximum atomic E-state index is 12.3. The Balaban J connectivity index is 1.56. The van der Waals surface area contributed by atoms with Gasteiger partial charge in [0.1, 0.15) is 6.61 Å². The Bertz CT molecular complexity index is 1270. The molecule has 0 unspecified atom stereocenters. The van der Waals surface area contributed by atoms with Crippen LogP contribution >= 0.6 is 0 Å². The number of carbonyl (C=O) groups is 1. The topological polar surface area (TPSA) is 96.8 Å². The molecule has 9 heteroatoms. The third-order valence-corrected chi connectivity index (χ3v) is 4.80. The van der Waals surface area contributed by atoms with E-state index in [0.717, 1.165) is 16.8 Å². The van der Waals surface area contributed by atoms with Crippen molar-refractivity contribution in [3.63, 3.8) is 0 Å². The monoisotopic (exact) mass is 404 g/mol. The molecule has 2 aromatic heterocycles. The summed E-state index contributed by atoms with van der Waals surface area (Å²) in [6.45, 7) is 3.69. The van der Waals surface area contributed by atoms with Crippen molar-refractivity contribution in [1.29, 1.82) is 0 Å². The van der Waals surface area contributed by atoms with Gasteiger partial charge in [-0.15, -0.1) is 5.10 Å². The summed E-state index contributed by atoms with van der Waals surface area (Å²) in [6, 6.07) is 14.5. The van der Waals surface area contributed by atoms with Crippen molar-refractivity contribution in [1.82, 2.24) is 29.6 Å². The van der Waals surface area contributed by atoms with Crippen molar-refractivity contribution < 1.29 is 9.53 Å². The Morgan fingerprint density at radius 1 is 1.07 bits per heavy atom. The summed E-state index contributed by atoms with van der Waals surface area (Å²) in [7, 11) is 1.55. The molecule has 0 spiro atoms. The summed E-state index contributed by atoms with van der Waals surface area (Å²) < 4.78 is 9.98. The van der Waals surface area contributed by atoms with Crippen molar-refractivity contribution in [2.24, 2.45) is 7.05 Å². The summed E-state index contributed by atoms with van der Waals surface area (Å²) in [5.74, 6) is 0.452. The first kappa shape index (κ1) is 19.3. The molecule has 0 aliphatic heterocycles. The summed E-state index contributed by atoms with van der Waals surface area (Å²) in [5, 5.41) is 12.1. The number of tetrazole rings is 1. The Labute approximate surface area is 172 Å². The largest absolute Gasteiger partial charge is 0.472 e. The van der Waals surface area contributed by atoms with Crippen LogP contribution in [-0.4, -0.2) is 35.4 Å². The van der Waals surface area contributed by atoms with Gasteiger partial charge in [-0.1, -0.05) is 12.1 Å². The van der Waals surface area contributed by atoms with Crippen LogP contribution in [0.4, 0.5) is 0 Å². The molecule has 4 aromatic rings. The minimum Gasteiger partial charge on any atom is -0.472 e. The Kier molecular flexibility index (Phi) is 5.01. The summed E-state index contributed by atoms with van der Waals surface area (Å²) in [4.78, 5) is 23.7. The van der Waals surface area contributed by atoms with Crippen LogP contribution in [0.15, 0.2) is 59.5 Å². The SMILES string of the molecule is CC(=O)c1ccc(-n2ccc(OCc3c(C)cccc3-n3nnn(C)c3=O)n2)cc1. The van der Waals surface area contributed by atoms with Gasteiger partial charge in [0.2, 0.25) is 5.88 Å². The van der Waals surface area contributed by atoms with E-state index >= 15 is 0 Å². The van der Waals surface area contributed by atoms with Crippen LogP contribution in [0.2, 0.25) is 0 Å². The van der Waals surface area contributed by atoms with Crippen molar-refractivity contribution in [3.05, 3.63) is 81.9 Å². The number of ether oxygens (including phenoxy) is 1. The predicted octanol–water partition coefficient (Wildman–Crippen LogP) is 2.24. The molecule has 4 rings (SSSR count). The lowest BCUT2D eigenvalue weighted by atomic mass is 10.1. The fraction of sp³-hybridized carbons (Fsp3) is 0.190. The van der Waals surface area contributed by atoms with E-state index in [1.165, 1.54) is 16.3 Å². The Morgan fingerprint density at radius 2 is 1.83 bits per heavy atom.